The fourth-order valence-electron chi connectivity index (χ4n) is 3.63. The number of nitriles is 2. The summed E-state index contributed by atoms with van der Waals surface area (Å²) in [6.07, 6.45) is 0. The highest BCUT2D eigenvalue weighted by Gasteiger charge is 2.31. The molecule has 0 saturated carbocycles. The molecule has 0 aliphatic rings. The molecule has 0 spiro atoms. The van der Waals surface area contributed by atoms with E-state index in [2.05, 4.69) is 58.7 Å². The summed E-state index contributed by atoms with van der Waals surface area (Å²) in [5, 5.41) is 18.4. The standard InChI is InChI=1S/C26H27N3/c1-25(2,3)23-21(19-11-7-17(15-27)8-12-19)22(24(29-23)26(4,5)6)20-13-9-18(16-28)10-14-20/h7-14,29H,1-6H3. The predicted molar refractivity (Wildman–Crippen MR) is 118 cm³/mol. The molecule has 0 aliphatic carbocycles. The summed E-state index contributed by atoms with van der Waals surface area (Å²) in [5.41, 5.74) is 7.96. The molecule has 0 unspecified atom stereocenters. The Kier molecular flexibility index (Phi) is 5.12. The van der Waals surface area contributed by atoms with Gasteiger partial charge in [-0.25, -0.2) is 0 Å². The van der Waals surface area contributed by atoms with Crippen LogP contribution in [0.2, 0.25) is 0 Å². The Labute approximate surface area is 173 Å². The third kappa shape index (κ3) is 3.96. The van der Waals surface area contributed by atoms with Crippen LogP contribution < -0.4 is 0 Å². The molecule has 0 fully saturated rings. The highest BCUT2D eigenvalue weighted by Crippen LogP contribution is 2.45. The molecule has 1 heterocycles. The molecule has 1 N–H and O–H groups in total. The zero-order valence-corrected chi connectivity index (χ0v) is 18.0. The van der Waals surface area contributed by atoms with Crippen LogP contribution in [0.15, 0.2) is 48.5 Å². The lowest BCUT2D eigenvalue weighted by molar-refractivity contribution is 0.544. The minimum atomic E-state index is -0.0892. The van der Waals surface area contributed by atoms with Crippen LogP contribution in [-0.4, -0.2) is 4.98 Å². The summed E-state index contributed by atoms with van der Waals surface area (Å²) in [6, 6.07) is 20.0. The van der Waals surface area contributed by atoms with E-state index in [4.69, 9.17) is 0 Å². The third-order valence-corrected chi connectivity index (χ3v) is 5.11. The maximum absolute atomic E-state index is 9.19. The summed E-state index contributed by atoms with van der Waals surface area (Å²) in [4.78, 5) is 3.75. The molecule has 29 heavy (non-hydrogen) atoms. The molecule has 0 aliphatic heterocycles. The zero-order valence-electron chi connectivity index (χ0n) is 18.0. The van der Waals surface area contributed by atoms with E-state index in [1.807, 2.05) is 48.5 Å². The molecule has 0 bridgehead atoms. The summed E-state index contributed by atoms with van der Waals surface area (Å²) in [6.45, 7) is 13.3. The highest BCUT2D eigenvalue weighted by molar-refractivity contribution is 5.89. The molecule has 3 nitrogen and oxygen atoms in total. The van der Waals surface area contributed by atoms with Crippen molar-refractivity contribution >= 4 is 0 Å². The zero-order chi connectivity index (χ0) is 21.4. The summed E-state index contributed by atoms with van der Waals surface area (Å²) >= 11 is 0. The van der Waals surface area contributed by atoms with Crippen molar-refractivity contribution in [2.45, 2.75) is 52.4 Å². The minimum absolute atomic E-state index is 0.0892. The topological polar surface area (TPSA) is 63.4 Å². The van der Waals surface area contributed by atoms with Crippen molar-refractivity contribution in [3.8, 4) is 34.4 Å². The Morgan fingerprint density at radius 1 is 0.586 bits per heavy atom. The first-order valence-corrected chi connectivity index (χ1v) is 9.84. The van der Waals surface area contributed by atoms with E-state index in [-0.39, 0.29) is 10.8 Å². The number of aromatic amines is 1. The number of nitrogens with one attached hydrogen (secondary N) is 1. The molecule has 3 heteroatoms. The van der Waals surface area contributed by atoms with Gasteiger partial charge in [0.2, 0.25) is 0 Å². The van der Waals surface area contributed by atoms with Crippen molar-refractivity contribution < 1.29 is 0 Å². The Morgan fingerprint density at radius 3 is 1.14 bits per heavy atom. The van der Waals surface area contributed by atoms with Gasteiger partial charge in [0.25, 0.3) is 0 Å². The molecule has 2 aromatic carbocycles. The van der Waals surface area contributed by atoms with Gasteiger partial charge in [-0.15, -0.1) is 0 Å². The van der Waals surface area contributed by atoms with Gasteiger partial charge in [0.05, 0.1) is 23.3 Å². The van der Waals surface area contributed by atoms with E-state index in [0.29, 0.717) is 11.1 Å². The molecule has 1 aromatic heterocycles. The number of benzene rings is 2. The lowest BCUT2D eigenvalue weighted by atomic mass is 9.82. The van der Waals surface area contributed by atoms with Crippen molar-refractivity contribution in [3.63, 3.8) is 0 Å². The Hall–Kier alpha value is -3.30. The van der Waals surface area contributed by atoms with E-state index in [1.54, 1.807) is 0 Å². The second-order valence-electron chi connectivity index (χ2n) is 9.50. The second kappa shape index (κ2) is 7.26. The van der Waals surface area contributed by atoms with Gasteiger partial charge in [0.1, 0.15) is 0 Å². The van der Waals surface area contributed by atoms with E-state index < -0.39 is 0 Å². The number of nitrogens with zero attached hydrogens (tertiary/aromatic N) is 2. The molecule has 0 amide bonds. The first-order valence-electron chi connectivity index (χ1n) is 9.84. The quantitative estimate of drug-likeness (QED) is 0.537. The van der Waals surface area contributed by atoms with Crippen LogP contribution in [0, 0.1) is 22.7 Å². The van der Waals surface area contributed by atoms with E-state index in [9.17, 15) is 10.5 Å². The summed E-state index contributed by atoms with van der Waals surface area (Å²) in [5.74, 6) is 0. The van der Waals surface area contributed by atoms with Gasteiger partial charge in [-0.3, -0.25) is 0 Å². The highest BCUT2D eigenvalue weighted by atomic mass is 14.8. The number of hydrogen-bond donors (Lipinski definition) is 1. The lowest BCUT2D eigenvalue weighted by Gasteiger charge is -2.21. The molecule has 0 atom stereocenters. The van der Waals surface area contributed by atoms with Crippen LogP contribution in [0.25, 0.3) is 22.3 Å². The maximum Gasteiger partial charge on any atom is 0.0991 e. The van der Waals surface area contributed by atoms with Crippen LogP contribution in [0.4, 0.5) is 0 Å². The minimum Gasteiger partial charge on any atom is -0.360 e. The van der Waals surface area contributed by atoms with Gasteiger partial charge in [-0.05, 0) is 35.4 Å². The smallest absolute Gasteiger partial charge is 0.0991 e. The molecular weight excluding hydrogens is 354 g/mol. The Morgan fingerprint density at radius 2 is 0.897 bits per heavy atom. The predicted octanol–water partition coefficient (Wildman–Crippen LogP) is 6.69. The normalized spacial score (nSPS) is 11.7. The number of H-pyrrole nitrogens is 1. The number of aromatic nitrogens is 1. The second-order valence-corrected chi connectivity index (χ2v) is 9.50. The van der Waals surface area contributed by atoms with Crippen molar-refractivity contribution in [1.29, 1.82) is 10.5 Å². The molecule has 3 rings (SSSR count). The van der Waals surface area contributed by atoms with E-state index >= 15 is 0 Å². The van der Waals surface area contributed by atoms with E-state index in [0.717, 1.165) is 22.3 Å². The fraction of sp³-hybridized carbons (Fsp3) is 0.308. The van der Waals surface area contributed by atoms with E-state index in [1.165, 1.54) is 11.4 Å². The van der Waals surface area contributed by atoms with Crippen molar-refractivity contribution in [2.75, 3.05) is 0 Å². The van der Waals surface area contributed by atoms with Crippen LogP contribution >= 0.6 is 0 Å². The van der Waals surface area contributed by atoms with Gasteiger partial charge < -0.3 is 4.98 Å². The largest absolute Gasteiger partial charge is 0.360 e. The number of rotatable bonds is 2. The average molecular weight is 382 g/mol. The molecule has 3 aromatic rings. The molecule has 0 radical (unpaired) electrons. The van der Waals surface area contributed by atoms with Crippen LogP contribution in [0.1, 0.15) is 64.1 Å². The number of hydrogen-bond acceptors (Lipinski definition) is 2. The summed E-state index contributed by atoms with van der Waals surface area (Å²) < 4.78 is 0. The SMILES string of the molecule is CC(C)(C)c1[nH]c(C(C)(C)C)c(-c2ccc(C#N)cc2)c1-c1ccc(C#N)cc1. The van der Waals surface area contributed by atoms with Gasteiger partial charge in [-0.2, -0.15) is 10.5 Å². The van der Waals surface area contributed by atoms with Gasteiger partial charge >= 0.3 is 0 Å². The molecule has 0 saturated heterocycles. The first-order chi connectivity index (χ1) is 13.6. The van der Waals surface area contributed by atoms with Crippen LogP contribution in [0.3, 0.4) is 0 Å². The summed E-state index contributed by atoms with van der Waals surface area (Å²) in [7, 11) is 0. The fourth-order valence-corrected chi connectivity index (χ4v) is 3.63. The third-order valence-electron chi connectivity index (χ3n) is 5.11. The van der Waals surface area contributed by atoms with Gasteiger partial charge in [-0.1, -0.05) is 65.8 Å². The maximum atomic E-state index is 9.19. The van der Waals surface area contributed by atoms with Crippen LogP contribution in [-0.2, 0) is 10.8 Å². The molecule has 146 valence electrons. The van der Waals surface area contributed by atoms with Gasteiger partial charge in [0, 0.05) is 33.3 Å². The van der Waals surface area contributed by atoms with Crippen molar-refractivity contribution in [1.82, 2.24) is 4.98 Å². The molecular formula is C26H27N3. The van der Waals surface area contributed by atoms with Crippen molar-refractivity contribution in [2.24, 2.45) is 0 Å². The average Bonchev–Trinajstić information content (AvgIpc) is 3.09. The first kappa shape index (κ1) is 20.4. The Balaban J connectivity index is 2.40. The monoisotopic (exact) mass is 381 g/mol. The Bertz CT molecular complexity index is 1010. The van der Waals surface area contributed by atoms with Crippen LogP contribution in [0.5, 0.6) is 0 Å². The van der Waals surface area contributed by atoms with Crippen molar-refractivity contribution in [3.05, 3.63) is 71.0 Å². The van der Waals surface area contributed by atoms with Gasteiger partial charge in [0.15, 0.2) is 0 Å². The lowest BCUT2D eigenvalue weighted by Crippen LogP contribution is -2.16.